The molecule has 172 valence electrons. The summed E-state index contributed by atoms with van der Waals surface area (Å²) in [6.07, 6.45) is 3.39. The Morgan fingerprint density at radius 3 is 2.61 bits per heavy atom. The van der Waals surface area contributed by atoms with Crippen molar-refractivity contribution in [1.82, 2.24) is 9.80 Å². The average molecular weight is 484 g/mol. The van der Waals surface area contributed by atoms with Crippen LogP contribution in [0.25, 0.3) is 6.08 Å². The molecule has 0 atom stereocenters. The lowest BCUT2D eigenvalue weighted by Gasteiger charge is -2.37. The van der Waals surface area contributed by atoms with Gasteiger partial charge in [0.15, 0.2) is 0 Å². The zero-order valence-electron chi connectivity index (χ0n) is 18.5. The highest BCUT2D eigenvalue weighted by molar-refractivity contribution is 8.18. The summed E-state index contributed by atoms with van der Waals surface area (Å²) in [6, 6.07) is 13.5. The molecule has 0 aliphatic carbocycles. The molecule has 0 unspecified atom stereocenters. The Balaban J connectivity index is 1.39. The van der Waals surface area contributed by atoms with Gasteiger partial charge < -0.3 is 9.64 Å². The van der Waals surface area contributed by atoms with Crippen molar-refractivity contribution in [2.75, 3.05) is 44.4 Å². The average Bonchev–Trinajstić information content (AvgIpc) is 3.08. The van der Waals surface area contributed by atoms with Gasteiger partial charge in [-0.25, -0.2) is 0 Å². The summed E-state index contributed by atoms with van der Waals surface area (Å²) >= 11 is 7.24. The molecule has 2 aromatic carbocycles. The highest BCUT2D eigenvalue weighted by Crippen LogP contribution is 2.34. The van der Waals surface area contributed by atoms with Crippen molar-refractivity contribution in [1.29, 1.82) is 0 Å². The molecule has 4 rings (SSSR count). The molecule has 0 spiro atoms. The largest absolute Gasteiger partial charge is 0.489 e. The fourth-order valence-corrected chi connectivity index (χ4v) is 4.77. The number of hydrogen-bond donors (Lipinski definition) is 0. The molecule has 2 heterocycles. The van der Waals surface area contributed by atoms with E-state index in [-0.39, 0.29) is 11.1 Å². The second kappa shape index (κ2) is 10.5. The Hall–Kier alpha value is -2.74. The number of carbonyl (C=O) groups is 2. The summed E-state index contributed by atoms with van der Waals surface area (Å²) in [5.41, 5.74) is 2.91. The highest BCUT2D eigenvalue weighted by atomic mass is 35.5. The zero-order chi connectivity index (χ0) is 23.4. The van der Waals surface area contributed by atoms with Crippen molar-refractivity contribution in [3.8, 4) is 5.75 Å². The van der Waals surface area contributed by atoms with Crippen molar-refractivity contribution >= 4 is 46.3 Å². The van der Waals surface area contributed by atoms with Crippen LogP contribution < -0.4 is 9.64 Å². The van der Waals surface area contributed by atoms with Crippen molar-refractivity contribution in [2.45, 2.75) is 6.92 Å². The molecule has 0 N–H and O–H groups in total. The fraction of sp³-hybridized carbons (Fsp3) is 0.280. The summed E-state index contributed by atoms with van der Waals surface area (Å²) in [5, 5.41) is 0.513. The van der Waals surface area contributed by atoms with E-state index < -0.39 is 0 Å². The minimum absolute atomic E-state index is 0.247. The number of thioether (sulfide) groups is 1. The minimum atomic E-state index is -0.267. The summed E-state index contributed by atoms with van der Waals surface area (Å²) in [5.74, 6) is 0.382. The molecule has 8 heteroatoms. The monoisotopic (exact) mass is 483 g/mol. The smallest absolute Gasteiger partial charge is 0.294 e. The quantitative estimate of drug-likeness (QED) is 0.406. The minimum Gasteiger partial charge on any atom is -0.489 e. The van der Waals surface area contributed by atoms with Gasteiger partial charge in [0, 0.05) is 42.5 Å². The predicted octanol–water partition coefficient (Wildman–Crippen LogP) is 5.03. The fourth-order valence-electron chi connectivity index (χ4n) is 3.77. The van der Waals surface area contributed by atoms with Crippen LogP contribution in [0, 0.1) is 6.92 Å². The van der Waals surface area contributed by atoms with Crippen LogP contribution in [0.2, 0.25) is 5.02 Å². The van der Waals surface area contributed by atoms with E-state index in [1.807, 2.05) is 43.3 Å². The molecule has 0 radical (unpaired) electrons. The van der Waals surface area contributed by atoms with Crippen LogP contribution >= 0.6 is 23.4 Å². The van der Waals surface area contributed by atoms with Crippen LogP contribution in [0.1, 0.15) is 11.1 Å². The van der Waals surface area contributed by atoms with Gasteiger partial charge in [-0.2, -0.15) is 0 Å². The molecular formula is C25H26ClN3O3S. The number of carbonyl (C=O) groups excluding carboxylic acids is 2. The second-order valence-corrected chi connectivity index (χ2v) is 9.33. The first kappa shape index (κ1) is 23.4. The number of hydrogen-bond acceptors (Lipinski definition) is 6. The third-order valence-electron chi connectivity index (χ3n) is 5.67. The van der Waals surface area contributed by atoms with Crippen LogP contribution in [0.5, 0.6) is 5.75 Å². The molecule has 0 saturated carbocycles. The van der Waals surface area contributed by atoms with E-state index in [1.54, 1.807) is 12.2 Å². The number of piperazine rings is 1. The predicted molar refractivity (Wildman–Crippen MR) is 135 cm³/mol. The summed E-state index contributed by atoms with van der Waals surface area (Å²) < 4.78 is 5.66. The van der Waals surface area contributed by atoms with E-state index in [0.29, 0.717) is 23.9 Å². The number of ether oxygens (including phenoxy) is 1. The first-order valence-corrected chi connectivity index (χ1v) is 12.0. The van der Waals surface area contributed by atoms with Gasteiger partial charge in [-0.1, -0.05) is 48.5 Å². The van der Waals surface area contributed by atoms with E-state index in [2.05, 4.69) is 22.4 Å². The first-order chi connectivity index (χ1) is 16.0. The van der Waals surface area contributed by atoms with Crippen LogP contribution in [0.15, 0.2) is 60.0 Å². The number of rotatable bonds is 7. The molecule has 2 fully saturated rings. The van der Waals surface area contributed by atoms with Gasteiger partial charge in [-0.05, 0) is 48.5 Å². The first-order valence-electron chi connectivity index (χ1n) is 10.8. The van der Waals surface area contributed by atoms with Gasteiger partial charge in [0.1, 0.15) is 12.4 Å². The Morgan fingerprint density at radius 1 is 1.12 bits per heavy atom. The lowest BCUT2D eigenvalue weighted by molar-refractivity contribution is -0.124. The van der Waals surface area contributed by atoms with E-state index in [9.17, 15) is 9.59 Å². The molecule has 0 bridgehead atoms. The van der Waals surface area contributed by atoms with Crippen molar-refractivity contribution in [3.63, 3.8) is 0 Å². The van der Waals surface area contributed by atoms with Gasteiger partial charge in [0.05, 0.1) is 11.6 Å². The SMILES string of the molecule is C=CCOc1ccccc1/C=C1/SC(=O)N(CN2CCN(c3ccc(C)c(Cl)c3)CC2)C1=O. The van der Waals surface area contributed by atoms with Gasteiger partial charge in [-0.15, -0.1) is 0 Å². The Labute approximate surface area is 203 Å². The standard InChI is InChI=1S/C25H26ClN3O3S/c1-3-14-32-22-7-5-4-6-19(22)15-23-24(30)29(25(31)33-23)17-27-10-12-28(13-11-27)20-9-8-18(2)21(26)16-20/h3-9,15-16H,1,10-14,17H2,2H3/b23-15+. The van der Waals surface area contributed by atoms with E-state index >= 15 is 0 Å². The third kappa shape index (κ3) is 5.43. The highest BCUT2D eigenvalue weighted by Gasteiger charge is 2.36. The summed E-state index contributed by atoms with van der Waals surface area (Å²) in [6.45, 7) is 9.43. The molecule has 2 amide bonds. The molecule has 2 saturated heterocycles. The Morgan fingerprint density at radius 2 is 1.88 bits per heavy atom. The zero-order valence-corrected chi connectivity index (χ0v) is 20.1. The number of para-hydroxylation sites is 1. The Bertz CT molecular complexity index is 1100. The van der Waals surface area contributed by atoms with Crippen LogP contribution in [-0.2, 0) is 4.79 Å². The molecule has 0 aromatic heterocycles. The number of amides is 2. The maximum absolute atomic E-state index is 13.0. The molecule has 33 heavy (non-hydrogen) atoms. The van der Waals surface area contributed by atoms with Crippen LogP contribution in [0.3, 0.4) is 0 Å². The van der Waals surface area contributed by atoms with Crippen molar-refractivity contribution in [3.05, 3.63) is 76.2 Å². The topological polar surface area (TPSA) is 53.1 Å². The molecule has 2 aliphatic rings. The number of halogens is 1. The van der Waals surface area contributed by atoms with E-state index in [1.165, 1.54) is 4.90 Å². The lowest BCUT2D eigenvalue weighted by Crippen LogP contribution is -2.50. The van der Waals surface area contributed by atoms with Gasteiger partial charge >= 0.3 is 0 Å². The lowest BCUT2D eigenvalue weighted by atomic mass is 10.2. The summed E-state index contributed by atoms with van der Waals surface area (Å²) in [4.78, 5) is 31.7. The van der Waals surface area contributed by atoms with Gasteiger partial charge in [0.25, 0.3) is 11.1 Å². The number of anilines is 1. The van der Waals surface area contributed by atoms with E-state index in [0.717, 1.165) is 59.8 Å². The van der Waals surface area contributed by atoms with Crippen LogP contribution in [-0.4, -0.2) is 60.4 Å². The number of benzene rings is 2. The van der Waals surface area contributed by atoms with Crippen molar-refractivity contribution in [2.24, 2.45) is 0 Å². The normalized spacial score (nSPS) is 18.3. The number of nitrogens with zero attached hydrogens (tertiary/aromatic N) is 3. The molecule has 2 aromatic rings. The maximum Gasteiger partial charge on any atom is 0.294 e. The number of imide groups is 1. The van der Waals surface area contributed by atoms with E-state index in [4.69, 9.17) is 16.3 Å². The van der Waals surface area contributed by atoms with Gasteiger partial charge in [-0.3, -0.25) is 19.4 Å². The van der Waals surface area contributed by atoms with Gasteiger partial charge in [0.2, 0.25) is 0 Å². The third-order valence-corrected chi connectivity index (χ3v) is 6.98. The molecular weight excluding hydrogens is 458 g/mol. The second-order valence-electron chi connectivity index (χ2n) is 7.93. The van der Waals surface area contributed by atoms with Crippen LogP contribution in [0.4, 0.5) is 10.5 Å². The number of aryl methyl sites for hydroxylation is 1. The molecule has 2 aliphatic heterocycles. The Kier molecular flexibility index (Phi) is 7.42. The maximum atomic E-state index is 13.0. The summed E-state index contributed by atoms with van der Waals surface area (Å²) in [7, 11) is 0. The van der Waals surface area contributed by atoms with Crippen molar-refractivity contribution < 1.29 is 14.3 Å². The molecule has 6 nitrogen and oxygen atoms in total.